The summed E-state index contributed by atoms with van der Waals surface area (Å²) in [5.74, 6) is -0.110. The summed E-state index contributed by atoms with van der Waals surface area (Å²) in [5, 5.41) is 11.1. The molecule has 1 aromatic rings. The summed E-state index contributed by atoms with van der Waals surface area (Å²) in [6.07, 6.45) is 2.80. The normalized spacial score (nSPS) is 23.6. The lowest BCUT2D eigenvalue weighted by molar-refractivity contribution is -0.937. The van der Waals surface area contributed by atoms with Crippen LogP contribution < -0.4 is 14.7 Å². The highest BCUT2D eigenvalue weighted by atomic mass is 16.5. The van der Waals surface area contributed by atoms with Gasteiger partial charge < -0.3 is 19.5 Å². The van der Waals surface area contributed by atoms with Gasteiger partial charge in [0.15, 0.2) is 0 Å². The van der Waals surface area contributed by atoms with Crippen LogP contribution in [-0.2, 0) is 11.3 Å². The molecular formula is C14H19NO3. The standard InChI is InChI=1S/C14H19NO3/c1-18-12-6-4-5-11(9-12)10-15-8-3-2-7-13(15)14(16)17/h4-6,9,13H,2-3,7-8,10H2,1H3,(H,16,17)/t13-/m1/s1. The number of hydrogen-bond acceptors (Lipinski definition) is 3. The largest absolute Gasteiger partial charge is 0.544 e. The van der Waals surface area contributed by atoms with Crippen LogP contribution in [0, 0.1) is 0 Å². The number of hydrogen-bond donors (Lipinski definition) is 1. The third-order valence-electron chi connectivity index (χ3n) is 3.58. The molecule has 0 aromatic heterocycles. The van der Waals surface area contributed by atoms with Crippen molar-refractivity contribution in [3.8, 4) is 5.75 Å². The number of benzene rings is 1. The minimum Gasteiger partial charge on any atom is -0.544 e. The van der Waals surface area contributed by atoms with Crippen LogP contribution in [0.1, 0.15) is 24.8 Å². The molecule has 1 N–H and O–H groups in total. The van der Waals surface area contributed by atoms with Crippen molar-refractivity contribution < 1.29 is 19.5 Å². The summed E-state index contributed by atoms with van der Waals surface area (Å²) < 4.78 is 5.18. The van der Waals surface area contributed by atoms with Crippen molar-refractivity contribution in [1.82, 2.24) is 0 Å². The summed E-state index contributed by atoms with van der Waals surface area (Å²) >= 11 is 0. The molecule has 2 rings (SSSR count). The van der Waals surface area contributed by atoms with E-state index in [0.29, 0.717) is 0 Å². The molecule has 1 heterocycles. The van der Waals surface area contributed by atoms with Gasteiger partial charge in [-0.25, -0.2) is 0 Å². The van der Waals surface area contributed by atoms with E-state index >= 15 is 0 Å². The van der Waals surface area contributed by atoms with Gasteiger partial charge in [0.1, 0.15) is 18.3 Å². The maximum atomic E-state index is 11.1. The van der Waals surface area contributed by atoms with Crippen LogP contribution in [0.15, 0.2) is 24.3 Å². The molecule has 0 saturated carbocycles. The van der Waals surface area contributed by atoms with E-state index in [0.717, 1.165) is 48.6 Å². The highest BCUT2D eigenvalue weighted by molar-refractivity contribution is 5.69. The van der Waals surface area contributed by atoms with Crippen molar-refractivity contribution in [1.29, 1.82) is 0 Å². The number of carbonyl (C=O) groups excluding carboxylic acids is 1. The zero-order valence-electron chi connectivity index (χ0n) is 10.6. The van der Waals surface area contributed by atoms with Crippen LogP contribution >= 0.6 is 0 Å². The SMILES string of the molecule is COc1cccc(C[NH+]2CCCC[C@@H]2C(=O)[O-])c1. The molecule has 98 valence electrons. The third kappa shape index (κ3) is 3.01. The Kier molecular flexibility index (Phi) is 4.20. The average molecular weight is 249 g/mol. The number of likely N-dealkylation sites (tertiary alicyclic amines) is 1. The van der Waals surface area contributed by atoms with Gasteiger partial charge in [0.05, 0.1) is 19.6 Å². The third-order valence-corrected chi connectivity index (χ3v) is 3.58. The van der Waals surface area contributed by atoms with Gasteiger partial charge in [-0.3, -0.25) is 0 Å². The smallest absolute Gasteiger partial charge is 0.128 e. The van der Waals surface area contributed by atoms with E-state index < -0.39 is 5.97 Å². The van der Waals surface area contributed by atoms with Gasteiger partial charge in [0, 0.05) is 12.0 Å². The molecule has 1 aliphatic rings. The predicted octanol–water partition coefficient (Wildman–Crippen LogP) is -0.617. The second-order valence-electron chi connectivity index (χ2n) is 4.80. The van der Waals surface area contributed by atoms with Gasteiger partial charge in [-0.2, -0.15) is 0 Å². The van der Waals surface area contributed by atoms with E-state index in [9.17, 15) is 9.90 Å². The quantitative estimate of drug-likeness (QED) is 0.774. The van der Waals surface area contributed by atoms with Crippen molar-refractivity contribution in [2.75, 3.05) is 13.7 Å². The van der Waals surface area contributed by atoms with Gasteiger partial charge in [-0.1, -0.05) is 12.1 Å². The Balaban J connectivity index is 2.08. The molecule has 0 amide bonds. The van der Waals surface area contributed by atoms with Crippen LogP contribution in [0.2, 0.25) is 0 Å². The van der Waals surface area contributed by atoms with E-state index in [1.54, 1.807) is 7.11 Å². The molecule has 0 bridgehead atoms. The number of carboxylic acid groups (broad SMARTS) is 1. The Hall–Kier alpha value is -1.55. The number of rotatable bonds is 4. The molecule has 1 unspecified atom stereocenters. The maximum absolute atomic E-state index is 11.1. The average Bonchev–Trinajstić information content (AvgIpc) is 2.39. The fourth-order valence-corrected chi connectivity index (χ4v) is 2.62. The molecule has 1 aromatic carbocycles. The van der Waals surface area contributed by atoms with E-state index in [4.69, 9.17) is 4.74 Å². The van der Waals surface area contributed by atoms with Crippen LogP contribution in [0.4, 0.5) is 0 Å². The zero-order valence-corrected chi connectivity index (χ0v) is 10.6. The highest BCUT2D eigenvalue weighted by Gasteiger charge is 2.27. The lowest BCUT2D eigenvalue weighted by Crippen LogP contribution is -3.17. The van der Waals surface area contributed by atoms with E-state index in [1.165, 1.54) is 0 Å². The summed E-state index contributed by atoms with van der Waals surface area (Å²) in [6.45, 7) is 1.62. The molecule has 1 aliphatic heterocycles. The lowest BCUT2D eigenvalue weighted by atomic mass is 10.0. The molecule has 18 heavy (non-hydrogen) atoms. The minimum absolute atomic E-state index is 0.370. The first-order chi connectivity index (χ1) is 8.70. The number of quaternary nitrogens is 1. The lowest BCUT2D eigenvalue weighted by Gasteiger charge is -2.33. The minimum atomic E-state index is -0.924. The molecule has 1 fully saturated rings. The Morgan fingerprint density at radius 3 is 3.06 bits per heavy atom. The predicted molar refractivity (Wildman–Crippen MR) is 65.2 cm³/mol. The molecule has 0 spiro atoms. The fourth-order valence-electron chi connectivity index (χ4n) is 2.62. The van der Waals surface area contributed by atoms with Crippen molar-refractivity contribution in [3.05, 3.63) is 29.8 Å². The van der Waals surface area contributed by atoms with E-state index in [2.05, 4.69) is 0 Å². The Morgan fingerprint density at radius 2 is 2.33 bits per heavy atom. The van der Waals surface area contributed by atoms with Crippen LogP contribution in [0.3, 0.4) is 0 Å². The second-order valence-corrected chi connectivity index (χ2v) is 4.80. The Morgan fingerprint density at radius 1 is 1.50 bits per heavy atom. The van der Waals surface area contributed by atoms with Crippen molar-refractivity contribution in [2.45, 2.75) is 31.8 Å². The number of aliphatic carboxylic acids is 1. The van der Waals surface area contributed by atoms with Crippen molar-refractivity contribution in [3.63, 3.8) is 0 Å². The Bertz CT molecular complexity index is 419. The maximum Gasteiger partial charge on any atom is 0.128 e. The van der Waals surface area contributed by atoms with E-state index in [-0.39, 0.29) is 6.04 Å². The fraction of sp³-hybridized carbons (Fsp3) is 0.500. The molecule has 0 aliphatic carbocycles. The molecule has 4 nitrogen and oxygen atoms in total. The van der Waals surface area contributed by atoms with Crippen molar-refractivity contribution in [2.24, 2.45) is 0 Å². The van der Waals surface area contributed by atoms with Gasteiger partial charge in [-0.15, -0.1) is 0 Å². The van der Waals surface area contributed by atoms with Crippen molar-refractivity contribution >= 4 is 5.97 Å². The molecule has 1 saturated heterocycles. The number of ether oxygens (including phenoxy) is 1. The number of carbonyl (C=O) groups is 1. The van der Waals surface area contributed by atoms with Crippen LogP contribution in [0.5, 0.6) is 5.75 Å². The topological polar surface area (TPSA) is 53.8 Å². The monoisotopic (exact) mass is 249 g/mol. The Labute approximate surface area is 107 Å². The first kappa shape index (κ1) is 12.9. The zero-order chi connectivity index (χ0) is 13.0. The van der Waals surface area contributed by atoms with Gasteiger partial charge >= 0.3 is 0 Å². The first-order valence-electron chi connectivity index (χ1n) is 6.39. The number of nitrogens with one attached hydrogen (secondary N) is 1. The summed E-state index contributed by atoms with van der Waals surface area (Å²) in [6, 6.07) is 7.44. The first-order valence-corrected chi connectivity index (χ1v) is 6.39. The number of piperidine rings is 1. The number of methoxy groups -OCH3 is 1. The summed E-state index contributed by atoms with van der Waals surface area (Å²) in [5.41, 5.74) is 1.11. The van der Waals surface area contributed by atoms with Gasteiger partial charge in [-0.05, 0) is 25.0 Å². The van der Waals surface area contributed by atoms with E-state index in [1.807, 2.05) is 24.3 Å². The molecular weight excluding hydrogens is 230 g/mol. The number of carboxylic acids is 1. The van der Waals surface area contributed by atoms with Crippen LogP contribution in [-0.4, -0.2) is 25.7 Å². The van der Waals surface area contributed by atoms with Gasteiger partial charge in [0.25, 0.3) is 0 Å². The van der Waals surface area contributed by atoms with Crippen LogP contribution in [0.25, 0.3) is 0 Å². The molecule has 0 radical (unpaired) electrons. The summed E-state index contributed by atoms with van der Waals surface area (Å²) in [4.78, 5) is 12.2. The van der Waals surface area contributed by atoms with Gasteiger partial charge in [0.2, 0.25) is 0 Å². The molecule has 2 atom stereocenters. The molecule has 4 heteroatoms. The summed E-state index contributed by atoms with van der Waals surface area (Å²) in [7, 11) is 1.64. The highest BCUT2D eigenvalue weighted by Crippen LogP contribution is 2.12. The second kappa shape index (κ2) is 5.87.